The van der Waals surface area contributed by atoms with Gasteiger partial charge in [0.15, 0.2) is 0 Å². The summed E-state index contributed by atoms with van der Waals surface area (Å²) in [6.45, 7) is 2.95. The normalized spacial score (nSPS) is 14.6. The van der Waals surface area contributed by atoms with Gasteiger partial charge in [-0.05, 0) is 81.5 Å². The van der Waals surface area contributed by atoms with E-state index in [0.717, 1.165) is 46.9 Å². The van der Waals surface area contributed by atoms with E-state index in [4.69, 9.17) is 23.2 Å². The Labute approximate surface area is 269 Å². The van der Waals surface area contributed by atoms with Crippen molar-refractivity contribution in [3.63, 3.8) is 0 Å². The van der Waals surface area contributed by atoms with Gasteiger partial charge < -0.3 is 10.2 Å². The molecule has 1 aliphatic carbocycles. The minimum Gasteiger partial charge on any atom is -0.352 e. The fourth-order valence-corrected chi connectivity index (χ4v) is 7.46. The minimum absolute atomic E-state index is 0.0400. The number of nitrogens with one attached hydrogen (secondary N) is 1. The van der Waals surface area contributed by atoms with Crippen LogP contribution < -0.4 is 9.62 Å². The van der Waals surface area contributed by atoms with E-state index in [2.05, 4.69) is 5.32 Å². The summed E-state index contributed by atoms with van der Waals surface area (Å²) < 4.78 is 29.2. The molecular formula is C32H37Cl2N3O4S2. The number of benzene rings is 3. The Bertz CT molecular complexity index is 1510. The van der Waals surface area contributed by atoms with Gasteiger partial charge in [0, 0.05) is 33.1 Å². The molecule has 3 aromatic rings. The highest BCUT2D eigenvalue weighted by Gasteiger charge is 2.34. The number of carbonyl (C=O) groups is 2. The third-order valence-corrected chi connectivity index (χ3v) is 11.0. The quantitative estimate of drug-likeness (QED) is 0.222. The highest BCUT2D eigenvalue weighted by molar-refractivity contribution is 7.98. The number of sulfonamides is 1. The van der Waals surface area contributed by atoms with Crippen LogP contribution in [0.4, 0.5) is 5.69 Å². The molecule has 7 nitrogen and oxygen atoms in total. The molecule has 43 heavy (non-hydrogen) atoms. The zero-order chi connectivity index (χ0) is 31.1. The first kappa shape index (κ1) is 33.2. The molecule has 0 radical (unpaired) electrons. The van der Waals surface area contributed by atoms with E-state index >= 15 is 0 Å². The Balaban J connectivity index is 1.70. The molecule has 0 aromatic heterocycles. The Morgan fingerprint density at radius 1 is 0.953 bits per heavy atom. The maximum atomic E-state index is 14.2. The van der Waals surface area contributed by atoms with Crippen molar-refractivity contribution in [3.8, 4) is 0 Å². The lowest BCUT2D eigenvalue weighted by Gasteiger charge is -2.33. The van der Waals surface area contributed by atoms with Crippen molar-refractivity contribution in [2.24, 2.45) is 0 Å². The molecule has 1 fully saturated rings. The van der Waals surface area contributed by atoms with E-state index in [-0.39, 0.29) is 23.4 Å². The van der Waals surface area contributed by atoms with Crippen LogP contribution in [-0.2, 0) is 26.2 Å². The van der Waals surface area contributed by atoms with Crippen molar-refractivity contribution in [1.82, 2.24) is 10.2 Å². The zero-order valence-electron chi connectivity index (χ0n) is 24.6. The fraction of sp³-hybridized carbons (Fsp3) is 0.375. The lowest BCUT2D eigenvalue weighted by atomic mass is 9.95. The van der Waals surface area contributed by atoms with Crippen LogP contribution in [0.5, 0.6) is 0 Å². The minimum atomic E-state index is -4.15. The summed E-state index contributed by atoms with van der Waals surface area (Å²) in [5, 5.41) is 3.79. The molecule has 1 saturated carbocycles. The van der Waals surface area contributed by atoms with Crippen LogP contribution in [0.15, 0.2) is 76.5 Å². The number of anilines is 1. The van der Waals surface area contributed by atoms with Gasteiger partial charge in [-0.25, -0.2) is 8.42 Å². The first-order chi connectivity index (χ1) is 20.5. The first-order valence-corrected chi connectivity index (χ1v) is 17.7. The van der Waals surface area contributed by atoms with Gasteiger partial charge in [0.25, 0.3) is 10.0 Å². The highest BCUT2D eigenvalue weighted by atomic mass is 35.5. The van der Waals surface area contributed by atoms with Crippen molar-refractivity contribution < 1.29 is 18.0 Å². The molecule has 0 bridgehead atoms. The standard InChI is InChI=1S/C32H37Cl2N3O4S2/c1-22-12-14-25(15-13-22)37(43(40,41)27-18-16-26(42-3)17-19-27)21-31(38)36(20-28-29(33)10-7-11-30(28)34)23(2)32(39)35-24-8-5-4-6-9-24/h7,10-19,23-24H,4-6,8-9,20-21H2,1-3H3,(H,35,39)/t23-/m0/s1. The predicted molar refractivity (Wildman–Crippen MR) is 175 cm³/mol. The van der Waals surface area contributed by atoms with Gasteiger partial charge in [0.2, 0.25) is 11.8 Å². The second kappa shape index (κ2) is 14.8. The number of carbonyl (C=O) groups excluding carboxylic acids is 2. The number of thioether (sulfide) groups is 1. The molecule has 11 heteroatoms. The van der Waals surface area contributed by atoms with Gasteiger partial charge in [-0.15, -0.1) is 11.8 Å². The van der Waals surface area contributed by atoms with Gasteiger partial charge in [-0.3, -0.25) is 13.9 Å². The van der Waals surface area contributed by atoms with Crippen LogP contribution in [-0.4, -0.2) is 50.0 Å². The van der Waals surface area contributed by atoms with Crippen LogP contribution >= 0.6 is 35.0 Å². The zero-order valence-corrected chi connectivity index (χ0v) is 27.7. The van der Waals surface area contributed by atoms with Crippen molar-refractivity contribution in [2.75, 3.05) is 17.1 Å². The summed E-state index contributed by atoms with van der Waals surface area (Å²) in [5.41, 5.74) is 1.76. The molecule has 1 N–H and O–H groups in total. The second-order valence-electron chi connectivity index (χ2n) is 10.8. The molecule has 4 rings (SSSR count). The highest BCUT2D eigenvalue weighted by Crippen LogP contribution is 2.29. The average molecular weight is 663 g/mol. The molecule has 0 saturated heterocycles. The van der Waals surface area contributed by atoms with Gasteiger partial charge in [-0.1, -0.05) is 66.2 Å². The van der Waals surface area contributed by atoms with Gasteiger partial charge in [-0.2, -0.15) is 0 Å². The Kier molecular flexibility index (Phi) is 11.5. The second-order valence-corrected chi connectivity index (χ2v) is 14.3. The predicted octanol–water partition coefficient (Wildman–Crippen LogP) is 7.09. The van der Waals surface area contributed by atoms with E-state index in [1.54, 1.807) is 61.5 Å². The molecule has 230 valence electrons. The lowest BCUT2D eigenvalue weighted by molar-refractivity contribution is -0.139. The number of hydrogen-bond acceptors (Lipinski definition) is 5. The molecular weight excluding hydrogens is 625 g/mol. The summed E-state index contributed by atoms with van der Waals surface area (Å²) in [4.78, 5) is 30.0. The smallest absolute Gasteiger partial charge is 0.264 e. The third kappa shape index (κ3) is 8.26. The number of halogens is 2. The Morgan fingerprint density at radius 2 is 1.56 bits per heavy atom. The van der Waals surface area contributed by atoms with Crippen molar-refractivity contribution in [2.45, 2.75) is 74.4 Å². The Morgan fingerprint density at radius 3 is 2.14 bits per heavy atom. The van der Waals surface area contributed by atoms with Crippen LogP contribution in [0.3, 0.4) is 0 Å². The summed E-state index contributed by atoms with van der Waals surface area (Å²) >= 11 is 14.5. The molecule has 1 atom stereocenters. The van der Waals surface area contributed by atoms with Gasteiger partial charge in [0.1, 0.15) is 12.6 Å². The van der Waals surface area contributed by atoms with Crippen LogP contribution in [0.25, 0.3) is 0 Å². The summed E-state index contributed by atoms with van der Waals surface area (Å²) in [6, 6.07) is 17.6. The van der Waals surface area contributed by atoms with E-state index < -0.39 is 28.5 Å². The summed E-state index contributed by atoms with van der Waals surface area (Å²) in [6.07, 6.45) is 6.90. The maximum Gasteiger partial charge on any atom is 0.264 e. The summed E-state index contributed by atoms with van der Waals surface area (Å²) in [5.74, 6) is -0.868. The largest absolute Gasteiger partial charge is 0.352 e. The molecule has 0 spiro atoms. The number of nitrogens with zero attached hydrogens (tertiary/aromatic N) is 2. The van der Waals surface area contributed by atoms with Crippen molar-refractivity contribution in [1.29, 1.82) is 0 Å². The van der Waals surface area contributed by atoms with Gasteiger partial charge in [0.05, 0.1) is 10.6 Å². The molecule has 3 aromatic carbocycles. The monoisotopic (exact) mass is 661 g/mol. The molecule has 2 amide bonds. The number of amides is 2. The third-order valence-electron chi connectivity index (χ3n) is 7.76. The molecule has 1 aliphatic rings. The van der Waals surface area contributed by atoms with Crippen LogP contribution in [0.1, 0.15) is 50.2 Å². The molecule has 0 unspecified atom stereocenters. The molecule has 0 heterocycles. The van der Waals surface area contributed by atoms with Crippen molar-refractivity contribution >= 4 is 62.5 Å². The molecule has 0 aliphatic heterocycles. The number of aryl methyl sites for hydroxylation is 1. The van der Waals surface area contributed by atoms with E-state index in [9.17, 15) is 18.0 Å². The average Bonchev–Trinajstić information content (AvgIpc) is 3.00. The van der Waals surface area contributed by atoms with E-state index in [1.807, 2.05) is 13.2 Å². The SMILES string of the molecule is CSc1ccc(S(=O)(=O)N(CC(=O)N(Cc2c(Cl)cccc2Cl)[C@@H](C)C(=O)NC2CCCCC2)c2ccc(C)cc2)cc1. The maximum absolute atomic E-state index is 14.2. The van der Waals surface area contributed by atoms with Crippen LogP contribution in [0, 0.1) is 6.92 Å². The van der Waals surface area contributed by atoms with Crippen molar-refractivity contribution in [3.05, 3.63) is 87.9 Å². The number of hydrogen-bond donors (Lipinski definition) is 1. The fourth-order valence-electron chi connectivity index (χ4n) is 5.12. The lowest BCUT2D eigenvalue weighted by Crippen LogP contribution is -2.53. The van der Waals surface area contributed by atoms with E-state index in [1.165, 1.54) is 28.8 Å². The van der Waals surface area contributed by atoms with Gasteiger partial charge >= 0.3 is 0 Å². The van der Waals surface area contributed by atoms with E-state index in [0.29, 0.717) is 21.3 Å². The Hall–Kier alpha value is -2.72. The van der Waals surface area contributed by atoms with Crippen LogP contribution in [0.2, 0.25) is 10.0 Å². The number of rotatable bonds is 11. The first-order valence-electron chi connectivity index (χ1n) is 14.3. The topological polar surface area (TPSA) is 86.8 Å². The summed E-state index contributed by atoms with van der Waals surface area (Å²) in [7, 11) is -4.15.